The van der Waals surface area contributed by atoms with Crippen LogP contribution >= 0.6 is 23.1 Å². The van der Waals surface area contributed by atoms with E-state index < -0.39 is 0 Å². The van der Waals surface area contributed by atoms with Gasteiger partial charge in [0, 0.05) is 24.1 Å². The van der Waals surface area contributed by atoms with E-state index in [1.165, 1.54) is 11.3 Å². The minimum absolute atomic E-state index is 0.140. The minimum Gasteiger partial charge on any atom is -0.334 e. The Morgan fingerprint density at radius 2 is 2.42 bits per heavy atom. The highest BCUT2D eigenvalue weighted by Crippen LogP contribution is 2.25. The first kappa shape index (κ1) is 14.4. The van der Waals surface area contributed by atoms with Crippen LogP contribution in [-0.4, -0.2) is 41.4 Å². The predicted molar refractivity (Wildman–Crippen MR) is 82.8 cm³/mol. The monoisotopic (exact) mass is 294 g/mol. The maximum atomic E-state index is 12.5. The van der Waals surface area contributed by atoms with Crippen LogP contribution in [0.4, 0.5) is 0 Å². The van der Waals surface area contributed by atoms with Gasteiger partial charge in [-0.25, -0.2) is 0 Å². The highest BCUT2D eigenvalue weighted by atomic mass is 32.2. The lowest BCUT2D eigenvalue weighted by Gasteiger charge is -2.32. The molecule has 2 N–H and O–H groups in total. The maximum absolute atomic E-state index is 12.5. The van der Waals surface area contributed by atoms with Crippen LogP contribution in [0.15, 0.2) is 6.07 Å². The first-order valence-electron chi connectivity index (χ1n) is 6.31. The number of thioether (sulfide) groups is 1. The molecule has 3 nitrogen and oxygen atoms in total. The molecule has 1 aromatic rings. The molecule has 1 aliphatic heterocycles. The highest BCUT2D eigenvalue weighted by molar-refractivity contribution is 7.99. The van der Waals surface area contributed by atoms with E-state index >= 15 is 0 Å². The predicted octanol–water partition coefficient (Wildman–Crippen LogP) is 1.94. The molecule has 1 aromatic heterocycles. The van der Waals surface area contributed by atoms with Crippen LogP contribution in [0.5, 0.6) is 0 Å². The van der Waals surface area contributed by atoms with Gasteiger partial charge in [-0.05, 0) is 25.5 Å². The number of amides is 1. The van der Waals surface area contributed by atoms with Crippen molar-refractivity contribution >= 4 is 29.0 Å². The standard InChI is InChI=1S/C14H18N2OS2/c1-10-8-13(19-12(10)4-3-5-15)14(17)16-6-7-18-9-11(16)2/h8,11H,5-7,9,15H2,1-2H3. The molecule has 0 saturated carbocycles. The number of nitrogens with zero attached hydrogens (tertiary/aromatic N) is 1. The van der Waals surface area contributed by atoms with Crippen molar-refractivity contribution in [1.82, 2.24) is 4.90 Å². The summed E-state index contributed by atoms with van der Waals surface area (Å²) in [5.41, 5.74) is 6.44. The SMILES string of the molecule is Cc1cc(C(=O)N2CCSCC2C)sc1C#CCN. The number of thiophene rings is 1. The van der Waals surface area contributed by atoms with Crippen molar-refractivity contribution in [3.63, 3.8) is 0 Å². The third-order valence-electron chi connectivity index (χ3n) is 3.06. The first-order valence-corrected chi connectivity index (χ1v) is 8.28. The third kappa shape index (κ3) is 3.33. The quantitative estimate of drug-likeness (QED) is 0.805. The van der Waals surface area contributed by atoms with Crippen molar-refractivity contribution in [2.45, 2.75) is 19.9 Å². The van der Waals surface area contributed by atoms with Crippen LogP contribution in [0.1, 0.15) is 27.0 Å². The van der Waals surface area contributed by atoms with Crippen molar-refractivity contribution in [2.24, 2.45) is 5.73 Å². The molecule has 0 radical (unpaired) electrons. The van der Waals surface area contributed by atoms with Gasteiger partial charge in [-0.1, -0.05) is 11.8 Å². The molecule has 0 bridgehead atoms. The molecule has 102 valence electrons. The molecule has 19 heavy (non-hydrogen) atoms. The molecule has 5 heteroatoms. The summed E-state index contributed by atoms with van der Waals surface area (Å²) in [6.45, 7) is 5.29. The Balaban J connectivity index is 2.19. The zero-order valence-corrected chi connectivity index (χ0v) is 12.9. The van der Waals surface area contributed by atoms with E-state index in [4.69, 9.17) is 5.73 Å². The number of carbonyl (C=O) groups excluding carboxylic acids is 1. The van der Waals surface area contributed by atoms with Crippen molar-refractivity contribution in [3.05, 3.63) is 21.4 Å². The van der Waals surface area contributed by atoms with E-state index in [0.29, 0.717) is 12.6 Å². The van der Waals surface area contributed by atoms with Gasteiger partial charge in [0.05, 0.1) is 16.3 Å². The minimum atomic E-state index is 0.140. The molecule has 1 saturated heterocycles. The second kappa shape index (κ2) is 6.47. The van der Waals surface area contributed by atoms with Gasteiger partial charge in [-0.3, -0.25) is 4.79 Å². The average molecular weight is 294 g/mol. The fourth-order valence-corrected chi connectivity index (χ4v) is 4.03. The first-order chi connectivity index (χ1) is 9.13. The molecule has 2 rings (SSSR count). The summed E-state index contributed by atoms with van der Waals surface area (Å²) in [6.07, 6.45) is 0. The van der Waals surface area contributed by atoms with Crippen LogP contribution in [0.2, 0.25) is 0 Å². The van der Waals surface area contributed by atoms with Gasteiger partial charge in [0.25, 0.3) is 5.91 Å². The average Bonchev–Trinajstić information content (AvgIpc) is 2.77. The van der Waals surface area contributed by atoms with Crippen LogP contribution in [-0.2, 0) is 0 Å². The molecule has 1 atom stereocenters. The molecule has 0 aromatic carbocycles. The lowest BCUT2D eigenvalue weighted by atomic mass is 10.2. The van der Waals surface area contributed by atoms with Crippen LogP contribution < -0.4 is 5.73 Å². The Morgan fingerprint density at radius 3 is 3.11 bits per heavy atom. The van der Waals surface area contributed by atoms with Gasteiger partial charge in [0.1, 0.15) is 0 Å². The highest BCUT2D eigenvalue weighted by Gasteiger charge is 2.25. The lowest BCUT2D eigenvalue weighted by Crippen LogP contribution is -2.44. The van der Waals surface area contributed by atoms with E-state index in [1.807, 2.05) is 29.7 Å². The molecule has 2 heterocycles. The summed E-state index contributed by atoms with van der Waals surface area (Å²) in [4.78, 5) is 16.2. The summed E-state index contributed by atoms with van der Waals surface area (Å²) in [6, 6.07) is 2.26. The molecule has 1 unspecified atom stereocenters. The van der Waals surface area contributed by atoms with E-state index in [9.17, 15) is 4.79 Å². The molecular formula is C14H18N2OS2. The normalized spacial score (nSPS) is 18.9. The van der Waals surface area contributed by atoms with Crippen molar-refractivity contribution in [3.8, 4) is 11.8 Å². The van der Waals surface area contributed by atoms with Crippen LogP contribution in [0.25, 0.3) is 0 Å². The topological polar surface area (TPSA) is 46.3 Å². The Morgan fingerprint density at radius 1 is 1.63 bits per heavy atom. The molecule has 1 amide bonds. The summed E-state index contributed by atoms with van der Waals surface area (Å²) in [7, 11) is 0. The number of hydrogen-bond donors (Lipinski definition) is 1. The molecular weight excluding hydrogens is 276 g/mol. The third-order valence-corrected chi connectivity index (χ3v) is 5.39. The largest absolute Gasteiger partial charge is 0.334 e. The molecule has 0 spiro atoms. The fourth-order valence-electron chi connectivity index (χ4n) is 2.01. The lowest BCUT2D eigenvalue weighted by molar-refractivity contribution is 0.0721. The summed E-state index contributed by atoms with van der Waals surface area (Å²) in [5.74, 6) is 8.07. The smallest absolute Gasteiger partial charge is 0.264 e. The second-order valence-electron chi connectivity index (χ2n) is 4.55. The number of rotatable bonds is 1. The number of aryl methyl sites for hydroxylation is 1. The van der Waals surface area contributed by atoms with Crippen molar-refractivity contribution in [2.75, 3.05) is 24.6 Å². The summed E-state index contributed by atoms with van der Waals surface area (Å²) >= 11 is 3.39. The Bertz CT molecular complexity index is 527. The summed E-state index contributed by atoms with van der Waals surface area (Å²) in [5, 5.41) is 0. The van der Waals surface area contributed by atoms with Crippen molar-refractivity contribution < 1.29 is 4.79 Å². The number of nitrogens with two attached hydrogens (primary N) is 1. The molecule has 0 aliphatic carbocycles. The molecule has 1 fully saturated rings. The Hall–Kier alpha value is -0.960. The van der Waals surface area contributed by atoms with Gasteiger partial charge in [-0.15, -0.1) is 11.3 Å². The van der Waals surface area contributed by atoms with Crippen molar-refractivity contribution in [1.29, 1.82) is 0 Å². The number of hydrogen-bond acceptors (Lipinski definition) is 4. The van der Waals surface area contributed by atoms with E-state index in [1.54, 1.807) is 0 Å². The zero-order chi connectivity index (χ0) is 13.8. The second-order valence-corrected chi connectivity index (χ2v) is 6.75. The van der Waals surface area contributed by atoms with E-state index in [-0.39, 0.29) is 5.91 Å². The fraction of sp³-hybridized carbons (Fsp3) is 0.500. The molecule has 1 aliphatic rings. The van der Waals surface area contributed by atoms with E-state index in [2.05, 4.69) is 18.8 Å². The van der Waals surface area contributed by atoms with Gasteiger partial charge in [0.2, 0.25) is 0 Å². The summed E-state index contributed by atoms with van der Waals surface area (Å²) < 4.78 is 0. The van der Waals surface area contributed by atoms with Crippen LogP contribution in [0.3, 0.4) is 0 Å². The number of carbonyl (C=O) groups is 1. The van der Waals surface area contributed by atoms with Gasteiger partial charge >= 0.3 is 0 Å². The van der Waals surface area contributed by atoms with Gasteiger partial charge in [-0.2, -0.15) is 11.8 Å². The zero-order valence-electron chi connectivity index (χ0n) is 11.2. The maximum Gasteiger partial charge on any atom is 0.264 e. The Labute approximate surface area is 122 Å². The van der Waals surface area contributed by atoms with Crippen LogP contribution in [0, 0.1) is 18.8 Å². The Kier molecular flexibility index (Phi) is 4.92. The van der Waals surface area contributed by atoms with Gasteiger partial charge < -0.3 is 10.6 Å². The van der Waals surface area contributed by atoms with Gasteiger partial charge in [0.15, 0.2) is 0 Å². The van der Waals surface area contributed by atoms with E-state index in [0.717, 1.165) is 33.4 Å².